The Balaban J connectivity index is 1.83. The van der Waals surface area contributed by atoms with Crippen LogP contribution in [-0.4, -0.2) is 29.7 Å². The van der Waals surface area contributed by atoms with Crippen LogP contribution in [-0.2, 0) is 0 Å². The van der Waals surface area contributed by atoms with Crippen molar-refractivity contribution in [2.24, 2.45) is 11.8 Å². The predicted molar refractivity (Wildman–Crippen MR) is 70.4 cm³/mol. The van der Waals surface area contributed by atoms with Gasteiger partial charge in [0.1, 0.15) is 5.82 Å². The maximum Gasteiger partial charge on any atom is 0.271 e. The van der Waals surface area contributed by atoms with Gasteiger partial charge in [0.15, 0.2) is 5.69 Å². The van der Waals surface area contributed by atoms with Crippen LogP contribution in [0.4, 0.5) is 5.82 Å². The highest BCUT2D eigenvalue weighted by atomic mass is 16.1. The molecule has 0 spiro atoms. The van der Waals surface area contributed by atoms with Crippen molar-refractivity contribution in [3.63, 3.8) is 0 Å². The molecule has 1 aliphatic rings. The number of hydrogen-bond donors (Lipinski definition) is 2. The minimum Gasteiger partial charge on any atom is -0.372 e. The summed E-state index contributed by atoms with van der Waals surface area (Å²) in [6, 6.07) is 3.44. The first-order valence-electron chi connectivity index (χ1n) is 6.48. The molecule has 2 unspecified atom stereocenters. The van der Waals surface area contributed by atoms with E-state index in [9.17, 15) is 4.79 Å². The second-order valence-corrected chi connectivity index (χ2v) is 5.05. The zero-order chi connectivity index (χ0) is 13.0. The van der Waals surface area contributed by atoms with E-state index in [1.165, 1.54) is 19.3 Å². The van der Waals surface area contributed by atoms with Crippen LogP contribution in [0.5, 0.6) is 0 Å². The first-order chi connectivity index (χ1) is 8.69. The third-order valence-electron chi connectivity index (χ3n) is 3.51. The third-order valence-corrected chi connectivity index (χ3v) is 3.51. The van der Waals surface area contributed by atoms with Crippen LogP contribution >= 0.6 is 0 Å². The summed E-state index contributed by atoms with van der Waals surface area (Å²) in [5.41, 5.74) is 0.375. The molecule has 1 fully saturated rings. The summed E-state index contributed by atoms with van der Waals surface area (Å²) in [7, 11) is 1.77. The fourth-order valence-corrected chi connectivity index (χ4v) is 2.42. The number of carbonyl (C=O) groups excluding carboxylic acids is 1. The molecule has 1 heterocycles. The summed E-state index contributed by atoms with van der Waals surface area (Å²) in [5, 5.41) is 13.6. The first kappa shape index (κ1) is 12.8. The summed E-state index contributed by atoms with van der Waals surface area (Å²) < 4.78 is 0. The van der Waals surface area contributed by atoms with Crippen LogP contribution in [0.1, 0.15) is 36.7 Å². The van der Waals surface area contributed by atoms with Crippen molar-refractivity contribution in [2.75, 3.05) is 18.9 Å². The van der Waals surface area contributed by atoms with Gasteiger partial charge in [-0.25, -0.2) is 0 Å². The summed E-state index contributed by atoms with van der Waals surface area (Å²) in [6.07, 6.45) is 3.70. The van der Waals surface area contributed by atoms with E-state index >= 15 is 0 Å². The van der Waals surface area contributed by atoms with Crippen LogP contribution in [0.2, 0.25) is 0 Å². The zero-order valence-electron chi connectivity index (χ0n) is 10.9. The average Bonchev–Trinajstić information content (AvgIpc) is 2.82. The van der Waals surface area contributed by atoms with Gasteiger partial charge in [0.05, 0.1) is 0 Å². The zero-order valence-corrected chi connectivity index (χ0v) is 10.9. The molecule has 0 saturated heterocycles. The van der Waals surface area contributed by atoms with Crippen LogP contribution in [0.25, 0.3) is 0 Å². The Labute approximate surface area is 107 Å². The van der Waals surface area contributed by atoms with Crippen molar-refractivity contribution in [3.05, 3.63) is 17.8 Å². The van der Waals surface area contributed by atoms with E-state index in [0.717, 1.165) is 12.5 Å². The lowest BCUT2D eigenvalue weighted by Crippen LogP contribution is -2.29. The molecule has 2 rings (SSSR count). The number of carbonyl (C=O) groups is 1. The Morgan fingerprint density at radius 2 is 2.22 bits per heavy atom. The Hall–Kier alpha value is -1.65. The van der Waals surface area contributed by atoms with Crippen LogP contribution in [0.3, 0.4) is 0 Å². The van der Waals surface area contributed by atoms with Crippen molar-refractivity contribution in [1.29, 1.82) is 0 Å². The molecule has 0 aromatic carbocycles. The van der Waals surface area contributed by atoms with Crippen molar-refractivity contribution in [2.45, 2.75) is 26.2 Å². The largest absolute Gasteiger partial charge is 0.372 e. The van der Waals surface area contributed by atoms with Crippen LogP contribution < -0.4 is 10.6 Å². The Morgan fingerprint density at radius 1 is 1.39 bits per heavy atom. The highest BCUT2D eigenvalue weighted by Gasteiger charge is 2.21. The Morgan fingerprint density at radius 3 is 2.78 bits per heavy atom. The molecule has 0 radical (unpaired) electrons. The number of nitrogens with one attached hydrogen (secondary N) is 2. The molecule has 1 amide bonds. The number of anilines is 1. The molecule has 0 bridgehead atoms. The number of nitrogens with zero attached hydrogens (tertiary/aromatic N) is 2. The van der Waals surface area contributed by atoms with Gasteiger partial charge in [-0.05, 0) is 36.8 Å². The van der Waals surface area contributed by atoms with Gasteiger partial charge in [0.25, 0.3) is 5.91 Å². The highest BCUT2D eigenvalue weighted by Crippen LogP contribution is 2.29. The van der Waals surface area contributed by atoms with Gasteiger partial charge in [-0.3, -0.25) is 4.79 Å². The molecule has 5 nitrogen and oxygen atoms in total. The summed E-state index contributed by atoms with van der Waals surface area (Å²) in [4.78, 5) is 11.8. The molecule has 18 heavy (non-hydrogen) atoms. The maximum absolute atomic E-state index is 11.8. The maximum atomic E-state index is 11.8. The Bertz CT molecular complexity index is 404. The van der Waals surface area contributed by atoms with Gasteiger partial charge < -0.3 is 10.6 Å². The topological polar surface area (TPSA) is 66.9 Å². The summed E-state index contributed by atoms with van der Waals surface area (Å²) in [5.74, 6) is 1.94. The quantitative estimate of drug-likeness (QED) is 0.851. The lowest BCUT2D eigenvalue weighted by Gasteiger charge is -2.10. The lowest BCUT2D eigenvalue weighted by molar-refractivity contribution is 0.0941. The van der Waals surface area contributed by atoms with E-state index in [-0.39, 0.29) is 5.91 Å². The van der Waals surface area contributed by atoms with Gasteiger partial charge in [-0.1, -0.05) is 13.3 Å². The number of rotatable bonds is 4. The van der Waals surface area contributed by atoms with Crippen molar-refractivity contribution in [3.8, 4) is 0 Å². The molecule has 98 valence electrons. The Kier molecular flexibility index (Phi) is 4.12. The first-order valence-corrected chi connectivity index (χ1v) is 6.48. The second-order valence-electron chi connectivity index (χ2n) is 5.05. The minimum absolute atomic E-state index is 0.135. The molecule has 1 aromatic heterocycles. The van der Waals surface area contributed by atoms with Crippen molar-refractivity contribution < 1.29 is 4.79 Å². The third kappa shape index (κ3) is 3.18. The van der Waals surface area contributed by atoms with E-state index < -0.39 is 0 Å². The van der Waals surface area contributed by atoms with Crippen molar-refractivity contribution >= 4 is 11.7 Å². The predicted octanol–water partition coefficient (Wildman–Crippen LogP) is 1.68. The SMILES string of the molecule is CNc1ccc(C(=O)NCC2CCC(C)C2)nn1. The van der Waals surface area contributed by atoms with E-state index in [0.29, 0.717) is 17.4 Å². The van der Waals surface area contributed by atoms with Crippen LogP contribution in [0.15, 0.2) is 12.1 Å². The second kappa shape index (κ2) is 5.80. The molecule has 1 aromatic rings. The van der Waals surface area contributed by atoms with E-state index in [2.05, 4.69) is 27.8 Å². The monoisotopic (exact) mass is 248 g/mol. The smallest absolute Gasteiger partial charge is 0.271 e. The summed E-state index contributed by atoms with van der Waals surface area (Å²) >= 11 is 0. The normalized spacial score (nSPS) is 22.8. The number of amides is 1. The fourth-order valence-electron chi connectivity index (χ4n) is 2.42. The molecule has 1 aliphatic carbocycles. The molecular formula is C13H20N4O. The standard InChI is InChI=1S/C13H20N4O/c1-9-3-4-10(7-9)8-15-13(18)11-5-6-12(14-2)17-16-11/h5-6,9-10H,3-4,7-8H2,1-2H3,(H,14,17)(H,15,18). The molecule has 2 N–H and O–H groups in total. The molecule has 0 aliphatic heterocycles. The molecule has 2 atom stereocenters. The van der Waals surface area contributed by atoms with Gasteiger partial charge in [-0.15, -0.1) is 10.2 Å². The van der Waals surface area contributed by atoms with Gasteiger partial charge in [0, 0.05) is 13.6 Å². The lowest BCUT2D eigenvalue weighted by atomic mass is 10.1. The van der Waals surface area contributed by atoms with Crippen LogP contribution in [0, 0.1) is 11.8 Å². The summed E-state index contributed by atoms with van der Waals surface area (Å²) in [6.45, 7) is 3.02. The number of aromatic nitrogens is 2. The molecule has 5 heteroatoms. The van der Waals surface area contributed by atoms with E-state index in [1.807, 2.05) is 0 Å². The minimum atomic E-state index is -0.135. The number of hydrogen-bond acceptors (Lipinski definition) is 4. The van der Waals surface area contributed by atoms with Gasteiger partial charge in [0.2, 0.25) is 0 Å². The average molecular weight is 248 g/mol. The van der Waals surface area contributed by atoms with E-state index in [1.54, 1.807) is 19.2 Å². The highest BCUT2D eigenvalue weighted by molar-refractivity contribution is 5.92. The molecule has 1 saturated carbocycles. The van der Waals surface area contributed by atoms with Gasteiger partial charge in [-0.2, -0.15) is 0 Å². The van der Waals surface area contributed by atoms with Gasteiger partial charge >= 0.3 is 0 Å². The van der Waals surface area contributed by atoms with E-state index in [4.69, 9.17) is 0 Å². The fraction of sp³-hybridized carbons (Fsp3) is 0.615. The van der Waals surface area contributed by atoms with Crippen molar-refractivity contribution in [1.82, 2.24) is 15.5 Å². The molecular weight excluding hydrogens is 228 g/mol.